The summed E-state index contributed by atoms with van der Waals surface area (Å²) in [6, 6.07) is -0.370. The lowest BCUT2D eigenvalue weighted by Crippen LogP contribution is -2.48. The Balaban J connectivity index is 2.79. The Bertz CT molecular complexity index is 570. The predicted octanol–water partition coefficient (Wildman–Crippen LogP) is -0.698. The van der Waals surface area contributed by atoms with Crippen molar-refractivity contribution in [3.8, 4) is 0 Å². The molecule has 1 fully saturated rings. The van der Waals surface area contributed by atoms with Crippen LogP contribution in [0.4, 0.5) is 0 Å². The number of sulfonamides is 1. The van der Waals surface area contributed by atoms with Crippen LogP contribution < -0.4 is 0 Å². The van der Waals surface area contributed by atoms with Crippen LogP contribution in [0.5, 0.6) is 0 Å². The van der Waals surface area contributed by atoms with Crippen molar-refractivity contribution in [1.29, 1.82) is 0 Å². The molecule has 7 nitrogen and oxygen atoms in total. The molecule has 1 saturated carbocycles. The van der Waals surface area contributed by atoms with E-state index in [1.807, 2.05) is 0 Å². The summed E-state index contributed by atoms with van der Waals surface area (Å²) in [4.78, 5) is 13.5. The number of hydrogen-bond donors (Lipinski definition) is 0. The molecule has 20 heavy (non-hydrogen) atoms. The van der Waals surface area contributed by atoms with Crippen LogP contribution in [0.3, 0.4) is 0 Å². The highest BCUT2D eigenvalue weighted by Crippen LogP contribution is 2.28. The van der Waals surface area contributed by atoms with E-state index in [2.05, 4.69) is 0 Å². The molecule has 1 amide bonds. The fourth-order valence-corrected chi connectivity index (χ4v) is 4.28. The summed E-state index contributed by atoms with van der Waals surface area (Å²) in [5, 5.41) is -0.556. The van der Waals surface area contributed by atoms with Gasteiger partial charge in [-0.25, -0.2) is 16.8 Å². The van der Waals surface area contributed by atoms with Crippen LogP contribution in [-0.2, 0) is 24.7 Å². The second kappa shape index (κ2) is 5.98. The maximum Gasteiger partial charge on any atom is 0.237 e. The molecular formula is C11H22N2O5S2. The maximum absolute atomic E-state index is 12.1. The minimum atomic E-state index is -3.43. The van der Waals surface area contributed by atoms with Gasteiger partial charge in [-0.2, -0.15) is 4.31 Å². The molecular weight excluding hydrogens is 304 g/mol. The van der Waals surface area contributed by atoms with Crippen molar-refractivity contribution in [1.82, 2.24) is 9.21 Å². The van der Waals surface area contributed by atoms with Crippen LogP contribution >= 0.6 is 0 Å². The summed E-state index contributed by atoms with van der Waals surface area (Å²) >= 11 is 0. The van der Waals surface area contributed by atoms with Crippen LogP contribution in [0.15, 0.2) is 0 Å². The number of rotatable bonds is 5. The fourth-order valence-electron chi connectivity index (χ4n) is 2.45. The van der Waals surface area contributed by atoms with Gasteiger partial charge in [0.05, 0.1) is 18.1 Å². The van der Waals surface area contributed by atoms with Crippen molar-refractivity contribution in [2.24, 2.45) is 0 Å². The van der Waals surface area contributed by atoms with Crippen LogP contribution in [0.1, 0.15) is 19.3 Å². The first-order valence-electron chi connectivity index (χ1n) is 6.30. The minimum Gasteiger partial charge on any atom is -0.340 e. The Kier molecular flexibility index (Phi) is 5.20. The van der Waals surface area contributed by atoms with E-state index >= 15 is 0 Å². The Morgan fingerprint density at radius 1 is 1.10 bits per heavy atom. The number of carbonyl (C=O) groups is 1. The van der Waals surface area contributed by atoms with Gasteiger partial charge in [0.15, 0.2) is 9.84 Å². The third-order valence-electron chi connectivity index (χ3n) is 3.78. The maximum atomic E-state index is 12.1. The Morgan fingerprint density at radius 2 is 1.65 bits per heavy atom. The summed E-state index contributed by atoms with van der Waals surface area (Å²) in [5.74, 6) is -0.390. The van der Waals surface area contributed by atoms with E-state index in [1.54, 1.807) is 0 Å². The molecule has 2 atom stereocenters. The first-order chi connectivity index (χ1) is 8.94. The highest BCUT2D eigenvalue weighted by Gasteiger charge is 2.39. The molecule has 0 radical (unpaired) electrons. The molecule has 0 unspecified atom stereocenters. The van der Waals surface area contributed by atoms with Gasteiger partial charge < -0.3 is 4.90 Å². The summed E-state index contributed by atoms with van der Waals surface area (Å²) in [6.07, 6.45) is 4.12. The van der Waals surface area contributed by atoms with Crippen molar-refractivity contribution < 1.29 is 21.6 Å². The second-order valence-corrected chi connectivity index (χ2v) is 9.74. The monoisotopic (exact) mass is 326 g/mol. The molecule has 118 valence electrons. The quantitative estimate of drug-likeness (QED) is 0.666. The zero-order chi connectivity index (χ0) is 15.7. The standard InChI is InChI=1S/C11H22N2O5S2/c1-12(20(4,17)18)8-11(14)13(2)9-6-5-7-10(9)19(3,15)16/h9-10H,5-8H2,1-4H3/t9-,10-/m0/s1. The van der Waals surface area contributed by atoms with E-state index in [4.69, 9.17) is 0 Å². The average Bonchev–Trinajstić information content (AvgIpc) is 2.74. The van der Waals surface area contributed by atoms with Crippen molar-refractivity contribution in [3.05, 3.63) is 0 Å². The molecule has 0 aliphatic heterocycles. The molecule has 0 N–H and O–H groups in total. The highest BCUT2D eigenvalue weighted by molar-refractivity contribution is 7.91. The van der Waals surface area contributed by atoms with Gasteiger partial charge in [0, 0.05) is 26.4 Å². The van der Waals surface area contributed by atoms with Crippen molar-refractivity contribution >= 4 is 25.8 Å². The largest absolute Gasteiger partial charge is 0.340 e. The molecule has 0 spiro atoms. The lowest BCUT2D eigenvalue weighted by Gasteiger charge is -2.30. The zero-order valence-electron chi connectivity index (χ0n) is 12.2. The summed E-state index contributed by atoms with van der Waals surface area (Å²) in [6.45, 7) is -0.275. The highest BCUT2D eigenvalue weighted by atomic mass is 32.2. The van der Waals surface area contributed by atoms with Crippen LogP contribution in [0.2, 0.25) is 0 Å². The zero-order valence-corrected chi connectivity index (χ0v) is 13.9. The number of carbonyl (C=O) groups excluding carboxylic acids is 1. The number of hydrogen-bond acceptors (Lipinski definition) is 5. The summed E-state index contributed by atoms with van der Waals surface area (Å²) in [5.41, 5.74) is 0. The predicted molar refractivity (Wildman–Crippen MR) is 76.5 cm³/mol. The molecule has 0 aromatic rings. The molecule has 0 heterocycles. The van der Waals surface area contributed by atoms with E-state index in [9.17, 15) is 21.6 Å². The Morgan fingerprint density at radius 3 is 2.10 bits per heavy atom. The number of amides is 1. The van der Waals surface area contributed by atoms with E-state index in [0.717, 1.165) is 17.0 Å². The van der Waals surface area contributed by atoms with E-state index < -0.39 is 31.0 Å². The molecule has 0 bridgehead atoms. The van der Waals surface area contributed by atoms with Crippen molar-refractivity contribution in [2.75, 3.05) is 33.2 Å². The van der Waals surface area contributed by atoms with Gasteiger partial charge in [-0.05, 0) is 19.3 Å². The lowest BCUT2D eigenvalue weighted by molar-refractivity contribution is -0.131. The average molecular weight is 326 g/mol. The van der Waals surface area contributed by atoms with Gasteiger partial charge in [-0.15, -0.1) is 0 Å². The fraction of sp³-hybridized carbons (Fsp3) is 0.909. The molecule has 1 aliphatic carbocycles. The molecule has 0 aromatic carbocycles. The normalized spacial score (nSPS) is 24.1. The summed E-state index contributed by atoms with van der Waals surface area (Å²) < 4.78 is 47.0. The van der Waals surface area contributed by atoms with E-state index in [-0.39, 0.29) is 12.6 Å². The Labute approximate surface area is 120 Å². The SMILES string of the molecule is CN(C(=O)CN(C)S(C)(=O)=O)[C@H]1CCC[C@@H]1S(C)(=O)=O. The molecule has 1 rings (SSSR count). The third-order valence-corrected chi connectivity index (χ3v) is 6.69. The molecule has 1 aliphatic rings. The van der Waals surface area contributed by atoms with Crippen LogP contribution in [0.25, 0.3) is 0 Å². The van der Waals surface area contributed by atoms with Crippen LogP contribution in [-0.4, -0.2) is 76.4 Å². The lowest BCUT2D eigenvalue weighted by atomic mass is 10.2. The van der Waals surface area contributed by atoms with Gasteiger partial charge in [-0.3, -0.25) is 4.79 Å². The molecule has 9 heteroatoms. The number of nitrogens with zero attached hydrogens (tertiary/aromatic N) is 2. The van der Waals surface area contributed by atoms with Gasteiger partial charge in [0.25, 0.3) is 0 Å². The number of likely N-dealkylation sites (N-methyl/N-ethyl adjacent to an activating group) is 2. The van der Waals surface area contributed by atoms with E-state index in [0.29, 0.717) is 12.8 Å². The van der Waals surface area contributed by atoms with Crippen molar-refractivity contribution in [2.45, 2.75) is 30.6 Å². The van der Waals surface area contributed by atoms with Gasteiger partial charge in [0.2, 0.25) is 15.9 Å². The van der Waals surface area contributed by atoms with Gasteiger partial charge >= 0.3 is 0 Å². The van der Waals surface area contributed by atoms with Gasteiger partial charge in [-0.1, -0.05) is 0 Å². The summed E-state index contributed by atoms with van der Waals surface area (Å²) in [7, 11) is -3.78. The molecule has 0 aromatic heterocycles. The second-order valence-electron chi connectivity index (χ2n) is 5.39. The molecule has 0 saturated heterocycles. The van der Waals surface area contributed by atoms with Crippen LogP contribution in [0, 0.1) is 0 Å². The topological polar surface area (TPSA) is 91.8 Å². The smallest absolute Gasteiger partial charge is 0.237 e. The number of sulfone groups is 1. The third kappa shape index (κ3) is 4.16. The van der Waals surface area contributed by atoms with Gasteiger partial charge in [0.1, 0.15) is 0 Å². The Hall–Kier alpha value is -0.670. The van der Waals surface area contributed by atoms with Crippen molar-refractivity contribution in [3.63, 3.8) is 0 Å². The minimum absolute atomic E-state index is 0.275. The first-order valence-corrected chi connectivity index (χ1v) is 10.1. The first kappa shape index (κ1) is 17.4. The van der Waals surface area contributed by atoms with E-state index in [1.165, 1.54) is 25.3 Å².